The summed E-state index contributed by atoms with van der Waals surface area (Å²) in [5.74, 6) is -5.83. The quantitative estimate of drug-likeness (QED) is 0.0256. The van der Waals surface area contributed by atoms with Gasteiger partial charge in [-0.15, -0.1) is 0 Å². The van der Waals surface area contributed by atoms with Crippen molar-refractivity contribution in [2.24, 2.45) is 5.41 Å². The normalized spacial score (nSPS) is 15.3. The molecule has 28 nitrogen and oxygen atoms in total. The Morgan fingerprint density at radius 3 is 0.685 bits per heavy atom. The van der Waals surface area contributed by atoms with Gasteiger partial charge >= 0.3 is 0 Å². The van der Waals surface area contributed by atoms with Crippen LogP contribution in [0.3, 0.4) is 0 Å². The highest BCUT2D eigenvalue weighted by atomic mass is 16.6. The number of hydrogen-bond donors (Lipinski definition) is 4. The number of rotatable bonds is 40. The van der Waals surface area contributed by atoms with Crippen molar-refractivity contribution in [1.82, 2.24) is 40.9 Å². The first-order valence-electron chi connectivity index (χ1n) is 23.0. The van der Waals surface area contributed by atoms with E-state index in [-0.39, 0.29) is 158 Å². The van der Waals surface area contributed by atoms with Crippen molar-refractivity contribution < 1.29 is 95.4 Å². The van der Waals surface area contributed by atoms with Gasteiger partial charge in [0.15, 0.2) is 0 Å². The fourth-order valence-corrected chi connectivity index (χ4v) is 6.50. The van der Waals surface area contributed by atoms with E-state index < -0.39 is 76.3 Å². The molecule has 400 valence electrons. The van der Waals surface area contributed by atoms with Crippen molar-refractivity contribution in [2.45, 2.75) is 25.7 Å². The average molecular weight is 1030 g/mol. The number of hydrogen-bond acceptors (Lipinski definition) is 20. The molecule has 0 aromatic heterocycles. The van der Waals surface area contributed by atoms with Gasteiger partial charge in [0.2, 0.25) is 23.6 Å². The first-order chi connectivity index (χ1) is 35.2. The first-order valence-corrected chi connectivity index (χ1v) is 23.0. The highest BCUT2D eigenvalue weighted by Gasteiger charge is 2.33. The standard InChI is InChI=1S/C45H60N8O20/c54-33(9-13-50-37(58)1-2-38(50)59)46-29-70-21-17-66-25-45(26-67-18-22-71-30-47-34(55)10-14-51-39(60)3-4-40(51)61,27-68-19-23-72-31-48-35(56)11-15-52-41(62)5-6-42(52)63)28-69-20-24-73-32-49-36(57)12-16-53-43(64)7-8-44(53)65/h1-8H,9-32H2,(H,46,54)(H,47,55)(H,48,56)(H,49,57). The van der Waals surface area contributed by atoms with Crippen molar-refractivity contribution in [3.05, 3.63) is 48.6 Å². The topological polar surface area (TPSA) is 340 Å². The molecule has 4 aliphatic heterocycles. The van der Waals surface area contributed by atoms with Crippen LogP contribution in [-0.4, -0.2) is 223 Å². The lowest BCUT2D eigenvalue weighted by Gasteiger charge is -2.33. The Labute approximate surface area is 418 Å². The molecule has 0 saturated heterocycles. The van der Waals surface area contributed by atoms with Crippen LogP contribution in [0.1, 0.15) is 25.7 Å². The van der Waals surface area contributed by atoms with Crippen LogP contribution in [0.5, 0.6) is 0 Å². The molecule has 0 aromatic carbocycles. The van der Waals surface area contributed by atoms with Gasteiger partial charge in [-0.3, -0.25) is 77.1 Å². The van der Waals surface area contributed by atoms with E-state index in [4.69, 9.17) is 37.9 Å². The van der Waals surface area contributed by atoms with E-state index in [1.165, 1.54) is 0 Å². The van der Waals surface area contributed by atoms with Crippen molar-refractivity contribution in [1.29, 1.82) is 0 Å². The summed E-state index contributed by atoms with van der Waals surface area (Å²) in [6.07, 6.45) is 8.47. The third-order valence-corrected chi connectivity index (χ3v) is 10.5. The minimum atomic E-state index is -1.03. The summed E-state index contributed by atoms with van der Waals surface area (Å²) in [6, 6.07) is 0. The van der Waals surface area contributed by atoms with Crippen molar-refractivity contribution in [2.75, 3.05) is 132 Å². The van der Waals surface area contributed by atoms with E-state index in [9.17, 15) is 57.5 Å². The molecule has 4 rings (SSSR count). The molecule has 0 fully saturated rings. The highest BCUT2D eigenvalue weighted by molar-refractivity contribution is 6.14. The molecule has 0 aliphatic carbocycles. The number of carbonyl (C=O) groups is 12. The fraction of sp³-hybridized carbons (Fsp3) is 0.556. The van der Waals surface area contributed by atoms with E-state index in [1.807, 2.05) is 0 Å². The smallest absolute Gasteiger partial charge is 0.253 e. The van der Waals surface area contributed by atoms with E-state index in [2.05, 4.69) is 21.3 Å². The van der Waals surface area contributed by atoms with Gasteiger partial charge in [-0.05, 0) is 0 Å². The number of ether oxygens (including phenoxy) is 8. The van der Waals surface area contributed by atoms with Gasteiger partial charge in [0.05, 0.1) is 84.7 Å². The molecule has 12 amide bonds. The van der Waals surface area contributed by atoms with Gasteiger partial charge < -0.3 is 59.2 Å². The minimum Gasteiger partial charge on any atom is -0.378 e. The van der Waals surface area contributed by atoms with Crippen molar-refractivity contribution >= 4 is 70.9 Å². The van der Waals surface area contributed by atoms with Crippen LogP contribution in [-0.2, 0) is 95.4 Å². The molecular formula is C45H60N8O20. The summed E-state index contributed by atoms with van der Waals surface area (Å²) < 4.78 is 45.9. The number of nitrogens with one attached hydrogen (secondary N) is 4. The number of imide groups is 4. The molecule has 0 atom stereocenters. The van der Waals surface area contributed by atoms with Gasteiger partial charge in [-0.2, -0.15) is 0 Å². The Morgan fingerprint density at radius 1 is 0.315 bits per heavy atom. The summed E-state index contributed by atoms with van der Waals surface area (Å²) in [6.45, 7) is -1.08. The molecule has 0 aromatic rings. The number of nitrogens with zero attached hydrogens (tertiary/aromatic N) is 4. The molecule has 0 bridgehead atoms. The zero-order valence-corrected chi connectivity index (χ0v) is 40.0. The van der Waals surface area contributed by atoms with Crippen LogP contribution in [0, 0.1) is 5.41 Å². The maximum absolute atomic E-state index is 12.3. The molecule has 28 heteroatoms. The number of amides is 12. The van der Waals surface area contributed by atoms with Crippen LogP contribution >= 0.6 is 0 Å². The second kappa shape index (κ2) is 32.2. The van der Waals surface area contributed by atoms with Gasteiger partial charge in [-0.25, -0.2) is 0 Å². The molecule has 73 heavy (non-hydrogen) atoms. The summed E-state index contributed by atoms with van der Waals surface area (Å²) in [4.78, 5) is 147. The van der Waals surface area contributed by atoms with Crippen LogP contribution in [0.15, 0.2) is 48.6 Å². The Bertz CT molecular complexity index is 1760. The Morgan fingerprint density at radius 2 is 0.493 bits per heavy atom. The predicted molar refractivity (Wildman–Crippen MR) is 243 cm³/mol. The van der Waals surface area contributed by atoms with E-state index in [0.29, 0.717) is 0 Å². The fourth-order valence-electron chi connectivity index (χ4n) is 6.50. The lowest BCUT2D eigenvalue weighted by molar-refractivity contribution is -0.139. The number of carbonyl (C=O) groups excluding carboxylic acids is 12. The zero-order chi connectivity index (χ0) is 52.9. The van der Waals surface area contributed by atoms with Gasteiger partial charge in [0.25, 0.3) is 47.3 Å². The summed E-state index contributed by atoms with van der Waals surface area (Å²) in [5.41, 5.74) is -1.03. The second-order valence-electron chi connectivity index (χ2n) is 16.0. The third-order valence-electron chi connectivity index (χ3n) is 10.5. The third kappa shape index (κ3) is 21.8. The largest absolute Gasteiger partial charge is 0.378 e. The summed E-state index contributed by atoms with van der Waals surface area (Å²) >= 11 is 0. The Hall–Kier alpha value is -6.92. The van der Waals surface area contributed by atoms with E-state index in [1.54, 1.807) is 0 Å². The molecular weight excluding hydrogens is 973 g/mol. The lowest BCUT2D eigenvalue weighted by atomic mass is 9.92. The van der Waals surface area contributed by atoms with Crippen LogP contribution in [0.2, 0.25) is 0 Å². The first kappa shape index (κ1) is 58.6. The monoisotopic (exact) mass is 1030 g/mol. The molecule has 0 radical (unpaired) electrons. The second-order valence-corrected chi connectivity index (χ2v) is 16.0. The van der Waals surface area contributed by atoms with Crippen molar-refractivity contribution in [3.8, 4) is 0 Å². The lowest BCUT2D eigenvalue weighted by Crippen LogP contribution is -2.43. The Balaban J connectivity index is 1.24. The molecule has 4 N–H and O–H groups in total. The average Bonchev–Trinajstić information content (AvgIpc) is 4.09. The van der Waals surface area contributed by atoms with Crippen molar-refractivity contribution in [3.63, 3.8) is 0 Å². The van der Waals surface area contributed by atoms with Crippen LogP contribution in [0.4, 0.5) is 0 Å². The van der Waals surface area contributed by atoms with E-state index >= 15 is 0 Å². The molecule has 0 spiro atoms. The van der Waals surface area contributed by atoms with E-state index in [0.717, 1.165) is 68.2 Å². The maximum atomic E-state index is 12.3. The van der Waals surface area contributed by atoms with Gasteiger partial charge in [-0.1, -0.05) is 0 Å². The molecule has 4 aliphatic rings. The highest BCUT2D eigenvalue weighted by Crippen LogP contribution is 2.21. The molecule has 0 saturated carbocycles. The molecule has 4 heterocycles. The molecule has 0 unspecified atom stereocenters. The summed E-state index contributed by atoms with van der Waals surface area (Å²) in [5, 5.41) is 10.1. The maximum Gasteiger partial charge on any atom is 0.253 e. The minimum absolute atomic E-state index is 0.0231. The van der Waals surface area contributed by atoms with Crippen LogP contribution in [0.25, 0.3) is 0 Å². The zero-order valence-electron chi connectivity index (χ0n) is 40.0. The van der Waals surface area contributed by atoms with Gasteiger partial charge in [0, 0.05) is 100 Å². The summed E-state index contributed by atoms with van der Waals surface area (Å²) in [7, 11) is 0. The SMILES string of the molecule is O=C(CCN1C(=O)C=CC1=O)NCOCCOCC(COCCOCNC(=O)CCN1C(=O)C=CC1=O)(COCCOCNC(=O)CCN1C(=O)C=CC1=O)COCCOCNC(=O)CCN1C(=O)C=CC1=O. The Kier molecular flexibility index (Phi) is 25.9. The van der Waals surface area contributed by atoms with Gasteiger partial charge in [0.1, 0.15) is 26.9 Å². The predicted octanol–water partition coefficient (Wildman–Crippen LogP) is -4.34. The van der Waals surface area contributed by atoms with Crippen LogP contribution < -0.4 is 21.3 Å².